The number of imide groups is 1. The Bertz CT molecular complexity index is 670. The van der Waals surface area contributed by atoms with Gasteiger partial charge in [0.2, 0.25) is 11.8 Å². The van der Waals surface area contributed by atoms with Crippen molar-refractivity contribution in [3.8, 4) is 5.75 Å². The summed E-state index contributed by atoms with van der Waals surface area (Å²) in [6.07, 6.45) is 1.19. The normalized spacial score (nSPS) is 21.5. The first kappa shape index (κ1) is 14.2. The van der Waals surface area contributed by atoms with Crippen LogP contribution in [0.1, 0.15) is 33.6 Å². The highest BCUT2D eigenvalue weighted by Gasteiger charge is 2.36. The zero-order valence-corrected chi connectivity index (χ0v) is 11.7. The standard InChI is InChI=1S/C15H14N2O5/c18-8-9-1-2-10-12(7-9)22-6-5-17(15(10)21)11-3-4-13(19)16-14(11)20/h1-2,7-8,11H,3-6H2,(H,16,19,20). The lowest BCUT2D eigenvalue weighted by atomic mass is 10.0. The molecule has 3 amide bonds. The number of fused-ring (bicyclic) bond motifs is 1. The zero-order chi connectivity index (χ0) is 15.7. The second-order valence-corrected chi connectivity index (χ2v) is 5.19. The largest absolute Gasteiger partial charge is 0.491 e. The van der Waals surface area contributed by atoms with Gasteiger partial charge in [0.15, 0.2) is 0 Å². The molecule has 0 aliphatic carbocycles. The van der Waals surface area contributed by atoms with Gasteiger partial charge in [0.1, 0.15) is 24.7 Å². The molecule has 1 saturated heterocycles. The first-order valence-corrected chi connectivity index (χ1v) is 6.97. The number of ether oxygens (including phenoxy) is 1. The van der Waals surface area contributed by atoms with Gasteiger partial charge in [0.05, 0.1) is 12.1 Å². The molecule has 1 atom stereocenters. The van der Waals surface area contributed by atoms with Crippen molar-refractivity contribution in [1.82, 2.24) is 10.2 Å². The summed E-state index contributed by atoms with van der Waals surface area (Å²) in [5, 5.41) is 2.25. The number of aldehydes is 1. The van der Waals surface area contributed by atoms with Crippen LogP contribution >= 0.6 is 0 Å². The van der Waals surface area contributed by atoms with Gasteiger partial charge in [-0.05, 0) is 18.6 Å². The Balaban J connectivity index is 1.91. The van der Waals surface area contributed by atoms with Gasteiger partial charge >= 0.3 is 0 Å². The van der Waals surface area contributed by atoms with Gasteiger partial charge < -0.3 is 9.64 Å². The van der Waals surface area contributed by atoms with E-state index in [1.807, 2.05) is 0 Å². The molecule has 1 aromatic rings. The summed E-state index contributed by atoms with van der Waals surface area (Å²) in [6, 6.07) is 3.88. The quantitative estimate of drug-likeness (QED) is 0.619. The highest BCUT2D eigenvalue weighted by molar-refractivity contribution is 6.04. The van der Waals surface area contributed by atoms with E-state index in [1.165, 1.54) is 23.1 Å². The Morgan fingerprint density at radius 3 is 2.82 bits per heavy atom. The molecule has 1 fully saturated rings. The van der Waals surface area contributed by atoms with Crippen molar-refractivity contribution in [3.05, 3.63) is 29.3 Å². The van der Waals surface area contributed by atoms with E-state index in [4.69, 9.17) is 4.74 Å². The maximum absolute atomic E-state index is 12.7. The van der Waals surface area contributed by atoms with Crippen LogP contribution in [0.4, 0.5) is 0 Å². The van der Waals surface area contributed by atoms with Crippen LogP contribution in [0.15, 0.2) is 18.2 Å². The number of nitrogens with zero attached hydrogens (tertiary/aromatic N) is 1. The molecular weight excluding hydrogens is 288 g/mol. The number of nitrogens with one attached hydrogen (secondary N) is 1. The summed E-state index contributed by atoms with van der Waals surface area (Å²) in [4.78, 5) is 48.1. The predicted octanol–water partition coefficient (Wildman–Crippen LogP) is 0.139. The molecule has 2 aliphatic rings. The van der Waals surface area contributed by atoms with Crippen molar-refractivity contribution >= 4 is 24.0 Å². The molecule has 7 heteroatoms. The highest BCUT2D eigenvalue weighted by atomic mass is 16.5. The molecular formula is C15H14N2O5. The summed E-state index contributed by atoms with van der Waals surface area (Å²) in [5.41, 5.74) is 0.730. The van der Waals surface area contributed by atoms with E-state index < -0.39 is 11.9 Å². The van der Waals surface area contributed by atoms with Crippen LogP contribution in [0, 0.1) is 0 Å². The number of hydrogen-bond donors (Lipinski definition) is 1. The smallest absolute Gasteiger partial charge is 0.258 e. The summed E-state index contributed by atoms with van der Waals surface area (Å²) >= 11 is 0. The van der Waals surface area contributed by atoms with Gasteiger partial charge in [-0.2, -0.15) is 0 Å². The molecule has 7 nitrogen and oxygen atoms in total. The molecule has 0 aromatic heterocycles. The summed E-state index contributed by atoms with van der Waals surface area (Å²) in [7, 11) is 0. The Labute approximate surface area is 126 Å². The third kappa shape index (κ3) is 2.45. The average Bonchev–Trinajstić information content (AvgIpc) is 2.66. The van der Waals surface area contributed by atoms with Crippen LogP contribution in [0.2, 0.25) is 0 Å². The zero-order valence-electron chi connectivity index (χ0n) is 11.7. The maximum Gasteiger partial charge on any atom is 0.258 e. The molecule has 2 aliphatic heterocycles. The fourth-order valence-electron chi connectivity index (χ4n) is 2.70. The molecule has 0 bridgehead atoms. The van der Waals surface area contributed by atoms with E-state index in [9.17, 15) is 19.2 Å². The average molecular weight is 302 g/mol. The predicted molar refractivity (Wildman–Crippen MR) is 74.5 cm³/mol. The molecule has 1 aromatic carbocycles. The summed E-state index contributed by atoms with van der Waals surface area (Å²) in [5.74, 6) is -0.780. The highest BCUT2D eigenvalue weighted by Crippen LogP contribution is 2.26. The number of amides is 3. The third-order valence-corrected chi connectivity index (χ3v) is 3.81. The topological polar surface area (TPSA) is 92.8 Å². The molecule has 1 N–H and O–H groups in total. The number of carbonyl (C=O) groups is 4. The number of carbonyl (C=O) groups excluding carboxylic acids is 4. The SMILES string of the molecule is O=Cc1ccc2c(c1)OCCN(C1CCC(=O)NC1=O)C2=O. The van der Waals surface area contributed by atoms with E-state index in [-0.39, 0.29) is 31.4 Å². The van der Waals surface area contributed by atoms with E-state index in [1.54, 1.807) is 0 Å². The van der Waals surface area contributed by atoms with Crippen LogP contribution in [0.25, 0.3) is 0 Å². The van der Waals surface area contributed by atoms with Crippen molar-refractivity contribution in [2.45, 2.75) is 18.9 Å². The van der Waals surface area contributed by atoms with Crippen LogP contribution in [-0.4, -0.2) is 48.1 Å². The van der Waals surface area contributed by atoms with Gasteiger partial charge in [-0.1, -0.05) is 6.07 Å². The number of rotatable bonds is 2. The molecule has 22 heavy (non-hydrogen) atoms. The fraction of sp³-hybridized carbons (Fsp3) is 0.333. The lowest BCUT2D eigenvalue weighted by Crippen LogP contribution is -2.54. The molecule has 0 spiro atoms. The molecule has 0 saturated carbocycles. The lowest BCUT2D eigenvalue weighted by molar-refractivity contribution is -0.136. The Morgan fingerprint density at radius 1 is 1.27 bits per heavy atom. The number of benzene rings is 1. The Kier molecular flexibility index (Phi) is 3.62. The first-order valence-electron chi connectivity index (χ1n) is 6.97. The van der Waals surface area contributed by atoms with Crippen LogP contribution in [0.5, 0.6) is 5.75 Å². The minimum Gasteiger partial charge on any atom is -0.491 e. The van der Waals surface area contributed by atoms with Crippen LogP contribution < -0.4 is 10.1 Å². The van der Waals surface area contributed by atoms with Crippen molar-refractivity contribution in [1.29, 1.82) is 0 Å². The second kappa shape index (κ2) is 5.59. The molecule has 0 radical (unpaired) electrons. The number of hydrogen-bond acceptors (Lipinski definition) is 5. The third-order valence-electron chi connectivity index (χ3n) is 3.81. The van der Waals surface area contributed by atoms with Gasteiger partial charge in [-0.15, -0.1) is 0 Å². The molecule has 2 heterocycles. The Morgan fingerprint density at radius 2 is 2.09 bits per heavy atom. The minimum atomic E-state index is -0.675. The van der Waals surface area contributed by atoms with Crippen LogP contribution in [-0.2, 0) is 9.59 Å². The van der Waals surface area contributed by atoms with Crippen molar-refractivity contribution in [2.24, 2.45) is 0 Å². The van der Waals surface area contributed by atoms with Crippen molar-refractivity contribution in [3.63, 3.8) is 0 Å². The van der Waals surface area contributed by atoms with Gasteiger partial charge in [0.25, 0.3) is 5.91 Å². The first-order chi connectivity index (χ1) is 10.6. The van der Waals surface area contributed by atoms with E-state index >= 15 is 0 Å². The summed E-state index contributed by atoms with van der Waals surface area (Å²) < 4.78 is 5.52. The van der Waals surface area contributed by atoms with Gasteiger partial charge in [-0.25, -0.2) is 0 Å². The molecule has 3 rings (SSSR count). The van der Waals surface area contributed by atoms with Gasteiger partial charge in [0, 0.05) is 12.0 Å². The van der Waals surface area contributed by atoms with Crippen molar-refractivity contribution < 1.29 is 23.9 Å². The summed E-state index contributed by atoms with van der Waals surface area (Å²) in [6.45, 7) is 0.467. The van der Waals surface area contributed by atoms with E-state index in [2.05, 4.69) is 5.32 Å². The monoisotopic (exact) mass is 302 g/mol. The molecule has 114 valence electrons. The number of piperidine rings is 1. The van der Waals surface area contributed by atoms with E-state index in [0.29, 0.717) is 29.6 Å². The van der Waals surface area contributed by atoms with E-state index in [0.717, 1.165) is 0 Å². The molecule has 1 unspecified atom stereocenters. The second-order valence-electron chi connectivity index (χ2n) is 5.19. The van der Waals surface area contributed by atoms with Crippen molar-refractivity contribution in [2.75, 3.05) is 13.2 Å². The van der Waals surface area contributed by atoms with Gasteiger partial charge in [-0.3, -0.25) is 24.5 Å². The maximum atomic E-state index is 12.7. The lowest BCUT2D eigenvalue weighted by Gasteiger charge is -2.31. The van der Waals surface area contributed by atoms with Crippen LogP contribution in [0.3, 0.4) is 0 Å². The minimum absolute atomic E-state index is 0.206. The Hall–Kier alpha value is -2.70. The fourth-order valence-corrected chi connectivity index (χ4v) is 2.70.